The quantitative estimate of drug-likeness (QED) is 0.877. The molecule has 8 heteroatoms. The molecule has 7 nitrogen and oxygen atoms in total. The number of benzene rings is 1. The molecule has 136 valence electrons. The van der Waals surface area contributed by atoms with Gasteiger partial charge in [0, 0.05) is 18.3 Å². The molecule has 1 saturated heterocycles. The third kappa shape index (κ3) is 3.41. The van der Waals surface area contributed by atoms with E-state index in [0.717, 1.165) is 25.1 Å². The van der Waals surface area contributed by atoms with E-state index in [1.54, 1.807) is 6.20 Å². The Hall–Kier alpha value is -2.48. The first kappa shape index (κ1) is 17.0. The number of rotatable bonds is 3. The molecule has 0 spiro atoms. The second kappa shape index (κ2) is 6.68. The molecule has 26 heavy (non-hydrogen) atoms. The SMILES string of the molecule is O=C(NC1CCS(=O)(=O)C1)c1cnc(N2CCCc3ccccc32)cn1. The Morgan fingerprint density at radius 3 is 2.77 bits per heavy atom. The normalized spacial score (nSPS) is 21.2. The molecule has 1 unspecified atom stereocenters. The lowest BCUT2D eigenvalue weighted by molar-refractivity contribution is 0.0935. The summed E-state index contributed by atoms with van der Waals surface area (Å²) in [5.41, 5.74) is 2.61. The number of carbonyl (C=O) groups excluding carboxylic acids is 1. The van der Waals surface area contributed by atoms with Crippen LogP contribution in [0.15, 0.2) is 36.7 Å². The molecule has 2 aromatic rings. The number of nitrogens with one attached hydrogen (secondary N) is 1. The fourth-order valence-corrected chi connectivity index (χ4v) is 5.19. The molecule has 1 atom stereocenters. The van der Waals surface area contributed by atoms with E-state index in [1.165, 1.54) is 11.8 Å². The number of aryl methyl sites for hydroxylation is 1. The lowest BCUT2D eigenvalue weighted by atomic mass is 10.0. The van der Waals surface area contributed by atoms with Gasteiger partial charge in [0.05, 0.1) is 23.9 Å². The highest BCUT2D eigenvalue weighted by atomic mass is 32.2. The van der Waals surface area contributed by atoms with Gasteiger partial charge in [0.2, 0.25) is 0 Å². The Bertz CT molecular complexity index is 928. The molecule has 2 aliphatic rings. The smallest absolute Gasteiger partial charge is 0.271 e. The summed E-state index contributed by atoms with van der Waals surface area (Å²) >= 11 is 0. The number of fused-ring (bicyclic) bond motifs is 1. The Labute approximate surface area is 152 Å². The third-order valence-corrected chi connectivity index (χ3v) is 6.59. The van der Waals surface area contributed by atoms with Gasteiger partial charge < -0.3 is 10.2 Å². The van der Waals surface area contributed by atoms with Gasteiger partial charge in [-0.1, -0.05) is 18.2 Å². The van der Waals surface area contributed by atoms with Crippen LogP contribution in [-0.2, 0) is 16.3 Å². The zero-order valence-electron chi connectivity index (χ0n) is 14.3. The number of sulfone groups is 1. The zero-order chi connectivity index (χ0) is 18.1. The topological polar surface area (TPSA) is 92.3 Å². The van der Waals surface area contributed by atoms with Crippen molar-refractivity contribution in [3.05, 3.63) is 47.9 Å². The fourth-order valence-electron chi connectivity index (χ4n) is 3.52. The van der Waals surface area contributed by atoms with E-state index in [4.69, 9.17) is 0 Å². The fraction of sp³-hybridized carbons (Fsp3) is 0.389. The van der Waals surface area contributed by atoms with Crippen molar-refractivity contribution >= 4 is 27.2 Å². The Morgan fingerprint density at radius 1 is 1.19 bits per heavy atom. The zero-order valence-corrected chi connectivity index (χ0v) is 15.1. The predicted octanol–water partition coefficient (Wildman–Crippen LogP) is 1.48. The molecule has 1 amide bonds. The maximum absolute atomic E-state index is 12.3. The molecule has 1 fully saturated rings. The molecule has 2 aliphatic heterocycles. The summed E-state index contributed by atoms with van der Waals surface area (Å²) in [5.74, 6) is 0.438. The van der Waals surface area contributed by atoms with Crippen molar-refractivity contribution in [2.24, 2.45) is 0 Å². The van der Waals surface area contributed by atoms with E-state index < -0.39 is 9.84 Å². The number of para-hydroxylation sites is 1. The molecule has 3 heterocycles. The van der Waals surface area contributed by atoms with Crippen LogP contribution in [-0.4, -0.2) is 48.4 Å². The van der Waals surface area contributed by atoms with Crippen LogP contribution < -0.4 is 10.2 Å². The van der Waals surface area contributed by atoms with Crippen LogP contribution in [0.5, 0.6) is 0 Å². The highest BCUT2D eigenvalue weighted by molar-refractivity contribution is 7.91. The van der Waals surface area contributed by atoms with Crippen molar-refractivity contribution in [3.8, 4) is 0 Å². The van der Waals surface area contributed by atoms with E-state index in [9.17, 15) is 13.2 Å². The van der Waals surface area contributed by atoms with Crippen LogP contribution in [0.4, 0.5) is 11.5 Å². The van der Waals surface area contributed by atoms with E-state index in [0.29, 0.717) is 12.2 Å². The summed E-state index contributed by atoms with van der Waals surface area (Å²) in [6.07, 6.45) is 5.58. The highest BCUT2D eigenvalue weighted by Crippen LogP contribution is 2.31. The van der Waals surface area contributed by atoms with Crippen LogP contribution in [0.2, 0.25) is 0 Å². The van der Waals surface area contributed by atoms with E-state index in [-0.39, 0.29) is 29.1 Å². The number of hydrogen-bond donors (Lipinski definition) is 1. The summed E-state index contributed by atoms with van der Waals surface area (Å²) in [5, 5.41) is 2.73. The number of hydrogen-bond acceptors (Lipinski definition) is 6. The first-order valence-corrected chi connectivity index (χ1v) is 10.5. The summed E-state index contributed by atoms with van der Waals surface area (Å²) in [4.78, 5) is 23.0. The minimum atomic E-state index is -3.03. The van der Waals surface area contributed by atoms with E-state index in [1.807, 2.05) is 12.1 Å². The van der Waals surface area contributed by atoms with E-state index in [2.05, 4.69) is 32.3 Å². The maximum atomic E-state index is 12.3. The van der Waals surface area contributed by atoms with Crippen molar-refractivity contribution in [3.63, 3.8) is 0 Å². The monoisotopic (exact) mass is 372 g/mol. The molecule has 4 rings (SSSR count). The lowest BCUT2D eigenvalue weighted by Gasteiger charge is -2.30. The van der Waals surface area contributed by atoms with Gasteiger partial charge in [-0.2, -0.15) is 0 Å². The minimum Gasteiger partial charge on any atom is -0.347 e. The number of nitrogens with zero attached hydrogens (tertiary/aromatic N) is 3. The molecule has 0 aliphatic carbocycles. The molecule has 1 N–H and O–H groups in total. The Morgan fingerprint density at radius 2 is 2.04 bits per heavy atom. The van der Waals surface area contributed by atoms with Crippen LogP contribution in [0, 0.1) is 0 Å². The molecule has 0 bridgehead atoms. The average Bonchev–Trinajstić information content (AvgIpc) is 2.99. The first-order chi connectivity index (χ1) is 12.5. The van der Waals surface area contributed by atoms with Crippen molar-refractivity contribution in [1.82, 2.24) is 15.3 Å². The van der Waals surface area contributed by atoms with Gasteiger partial charge in [-0.3, -0.25) is 4.79 Å². The highest BCUT2D eigenvalue weighted by Gasteiger charge is 2.29. The van der Waals surface area contributed by atoms with Crippen LogP contribution in [0.25, 0.3) is 0 Å². The van der Waals surface area contributed by atoms with Gasteiger partial charge in [0.25, 0.3) is 5.91 Å². The van der Waals surface area contributed by atoms with Gasteiger partial charge in [0.1, 0.15) is 5.69 Å². The molecule has 0 radical (unpaired) electrons. The predicted molar refractivity (Wildman–Crippen MR) is 98.3 cm³/mol. The summed E-state index contributed by atoms with van der Waals surface area (Å²) in [7, 11) is -3.03. The van der Waals surface area contributed by atoms with E-state index >= 15 is 0 Å². The van der Waals surface area contributed by atoms with Gasteiger partial charge >= 0.3 is 0 Å². The Kier molecular flexibility index (Phi) is 4.36. The third-order valence-electron chi connectivity index (χ3n) is 4.83. The number of carbonyl (C=O) groups is 1. The minimum absolute atomic E-state index is 0.00514. The van der Waals surface area contributed by atoms with Crippen LogP contribution in [0.1, 0.15) is 28.9 Å². The van der Waals surface area contributed by atoms with Gasteiger partial charge in [-0.15, -0.1) is 0 Å². The molecule has 0 saturated carbocycles. The van der Waals surface area contributed by atoms with Crippen LogP contribution >= 0.6 is 0 Å². The summed E-state index contributed by atoms with van der Waals surface area (Å²) in [6, 6.07) is 7.87. The largest absolute Gasteiger partial charge is 0.347 e. The Balaban J connectivity index is 1.48. The standard InChI is InChI=1S/C18H20N4O3S/c23-18(21-14-7-9-26(24,25)12-14)15-10-20-17(11-19-15)22-8-3-5-13-4-1-2-6-16(13)22/h1-2,4,6,10-11,14H,3,5,7-9,12H2,(H,21,23). The molecule has 1 aromatic carbocycles. The molecule has 1 aromatic heterocycles. The number of aromatic nitrogens is 2. The van der Waals surface area contributed by atoms with Gasteiger partial charge in [-0.05, 0) is 30.9 Å². The van der Waals surface area contributed by atoms with Crippen molar-refractivity contribution in [1.29, 1.82) is 0 Å². The molecular weight excluding hydrogens is 352 g/mol. The number of anilines is 2. The second-order valence-corrected chi connectivity index (χ2v) is 8.95. The second-order valence-electron chi connectivity index (χ2n) is 6.72. The van der Waals surface area contributed by atoms with Crippen LogP contribution in [0.3, 0.4) is 0 Å². The first-order valence-electron chi connectivity index (χ1n) is 8.71. The van der Waals surface area contributed by atoms with Crippen molar-refractivity contribution in [2.75, 3.05) is 23.0 Å². The molecular formula is C18H20N4O3S. The maximum Gasteiger partial charge on any atom is 0.271 e. The van der Waals surface area contributed by atoms with Crippen molar-refractivity contribution in [2.45, 2.75) is 25.3 Å². The van der Waals surface area contributed by atoms with Crippen molar-refractivity contribution < 1.29 is 13.2 Å². The van der Waals surface area contributed by atoms with Gasteiger partial charge in [-0.25, -0.2) is 18.4 Å². The summed E-state index contributed by atoms with van der Waals surface area (Å²) < 4.78 is 23.0. The van der Waals surface area contributed by atoms with Gasteiger partial charge in [0.15, 0.2) is 15.7 Å². The number of amides is 1. The average molecular weight is 372 g/mol. The summed E-state index contributed by atoms with van der Waals surface area (Å²) in [6.45, 7) is 0.858. The lowest BCUT2D eigenvalue weighted by Crippen LogP contribution is -2.36.